The first-order valence-electron chi connectivity index (χ1n) is 4.06. The van der Waals surface area contributed by atoms with Crippen molar-refractivity contribution in [1.29, 1.82) is 0 Å². The summed E-state index contributed by atoms with van der Waals surface area (Å²) in [7, 11) is 1.42. The van der Waals surface area contributed by atoms with Gasteiger partial charge in [-0.1, -0.05) is 0 Å². The van der Waals surface area contributed by atoms with E-state index in [1.54, 1.807) is 0 Å². The fraction of sp³-hybridized carbons (Fsp3) is 0.875. The van der Waals surface area contributed by atoms with E-state index in [2.05, 4.69) is 4.74 Å². The molecule has 12 heavy (non-hydrogen) atoms. The van der Waals surface area contributed by atoms with Crippen molar-refractivity contribution in [2.75, 3.05) is 7.11 Å². The number of hydrogen-bond donors (Lipinski definition) is 1. The van der Waals surface area contributed by atoms with Gasteiger partial charge in [0.1, 0.15) is 0 Å². The standard InChI is InChI=1S/C8H15NO2.ClH/c1-11-8(10)5-3-6-2-4-7(6)9;/h6-7H,2-5,9H2,1H3;1H. The van der Waals surface area contributed by atoms with Crippen LogP contribution in [0.4, 0.5) is 0 Å². The maximum atomic E-state index is 10.7. The average molecular weight is 194 g/mol. The van der Waals surface area contributed by atoms with Gasteiger partial charge in [-0.15, -0.1) is 12.4 Å². The van der Waals surface area contributed by atoms with Crippen LogP contribution in [0.5, 0.6) is 0 Å². The number of carbonyl (C=O) groups is 1. The first-order valence-corrected chi connectivity index (χ1v) is 4.06. The first kappa shape index (κ1) is 11.7. The van der Waals surface area contributed by atoms with Crippen molar-refractivity contribution < 1.29 is 9.53 Å². The largest absolute Gasteiger partial charge is 0.469 e. The van der Waals surface area contributed by atoms with Gasteiger partial charge in [0.2, 0.25) is 0 Å². The van der Waals surface area contributed by atoms with Gasteiger partial charge in [-0.05, 0) is 25.2 Å². The van der Waals surface area contributed by atoms with Crippen LogP contribution >= 0.6 is 12.4 Å². The summed E-state index contributed by atoms with van der Waals surface area (Å²) in [6.45, 7) is 0. The van der Waals surface area contributed by atoms with Crippen LogP contribution in [0.25, 0.3) is 0 Å². The molecule has 2 unspecified atom stereocenters. The highest BCUT2D eigenvalue weighted by atomic mass is 35.5. The molecule has 0 aromatic rings. The van der Waals surface area contributed by atoms with Crippen LogP contribution in [0.1, 0.15) is 25.7 Å². The van der Waals surface area contributed by atoms with E-state index < -0.39 is 0 Å². The minimum atomic E-state index is -0.121. The minimum absolute atomic E-state index is 0. The Morgan fingerprint density at radius 1 is 1.58 bits per heavy atom. The Bertz CT molecular complexity index is 152. The van der Waals surface area contributed by atoms with Crippen molar-refractivity contribution in [2.45, 2.75) is 31.7 Å². The van der Waals surface area contributed by atoms with Gasteiger partial charge in [0.05, 0.1) is 7.11 Å². The lowest BCUT2D eigenvalue weighted by molar-refractivity contribution is -0.141. The molecule has 1 fully saturated rings. The highest BCUT2D eigenvalue weighted by molar-refractivity contribution is 5.85. The van der Waals surface area contributed by atoms with Crippen LogP contribution in [0, 0.1) is 5.92 Å². The van der Waals surface area contributed by atoms with E-state index in [0.29, 0.717) is 18.4 Å². The minimum Gasteiger partial charge on any atom is -0.469 e. The molecule has 1 rings (SSSR count). The molecule has 1 saturated carbocycles. The highest BCUT2D eigenvalue weighted by Gasteiger charge is 2.27. The molecule has 0 aromatic carbocycles. The van der Waals surface area contributed by atoms with Gasteiger partial charge in [0.15, 0.2) is 0 Å². The summed E-state index contributed by atoms with van der Waals surface area (Å²) in [6.07, 6.45) is 3.71. The molecule has 0 amide bonds. The molecule has 0 bridgehead atoms. The van der Waals surface area contributed by atoms with Crippen LogP contribution in [0.15, 0.2) is 0 Å². The number of nitrogens with two attached hydrogens (primary N) is 1. The second kappa shape index (κ2) is 5.38. The predicted molar refractivity (Wildman–Crippen MR) is 49.2 cm³/mol. The van der Waals surface area contributed by atoms with Crippen molar-refractivity contribution in [3.8, 4) is 0 Å². The number of halogens is 1. The van der Waals surface area contributed by atoms with E-state index in [4.69, 9.17) is 5.73 Å². The topological polar surface area (TPSA) is 52.3 Å². The molecule has 4 heteroatoms. The fourth-order valence-electron chi connectivity index (χ4n) is 1.36. The Hall–Kier alpha value is -0.280. The van der Waals surface area contributed by atoms with Crippen LogP contribution in [0.2, 0.25) is 0 Å². The van der Waals surface area contributed by atoms with Crippen LogP contribution < -0.4 is 5.73 Å². The van der Waals surface area contributed by atoms with Gasteiger partial charge < -0.3 is 10.5 Å². The van der Waals surface area contributed by atoms with Gasteiger partial charge in [0.25, 0.3) is 0 Å². The molecule has 0 saturated heterocycles. The van der Waals surface area contributed by atoms with E-state index in [-0.39, 0.29) is 18.4 Å². The molecule has 0 radical (unpaired) electrons. The SMILES string of the molecule is COC(=O)CCC1CCC1N.Cl. The normalized spacial score (nSPS) is 26.8. The number of carbonyl (C=O) groups excluding carboxylic acids is 1. The lowest BCUT2D eigenvalue weighted by Gasteiger charge is -2.33. The third-order valence-corrected chi connectivity index (χ3v) is 2.42. The van der Waals surface area contributed by atoms with Crippen LogP contribution in [-0.4, -0.2) is 19.1 Å². The number of esters is 1. The number of rotatable bonds is 3. The Morgan fingerprint density at radius 2 is 2.25 bits per heavy atom. The Labute approximate surface area is 79.1 Å². The van der Waals surface area contributed by atoms with E-state index in [9.17, 15) is 4.79 Å². The smallest absolute Gasteiger partial charge is 0.305 e. The molecule has 0 spiro atoms. The summed E-state index contributed by atoms with van der Waals surface area (Å²) in [5.41, 5.74) is 5.70. The summed E-state index contributed by atoms with van der Waals surface area (Å²) < 4.78 is 4.52. The third-order valence-electron chi connectivity index (χ3n) is 2.42. The van der Waals surface area contributed by atoms with E-state index in [0.717, 1.165) is 12.8 Å². The van der Waals surface area contributed by atoms with Crippen molar-refractivity contribution in [1.82, 2.24) is 0 Å². The quantitative estimate of drug-likeness (QED) is 0.683. The van der Waals surface area contributed by atoms with Crippen molar-refractivity contribution in [2.24, 2.45) is 11.7 Å². The summed E-state index contributed by atoms with van der Waals surface area (Å²) >= 11 is 0. The number of methoxy groups -OCH3 is 1. The Morgan fingerprint density at radius 3 is 2.58 bits per heavy atom. The molecular weight excluding hydrogens is 178 g/mol. The molecule has 0 aromatic heterocycles. The Balaban J connectivity index is 0.00000121. The summed E-state index contributed by atoms with van der Waals surface area (Å²) in [6, 6.07) is 0.333. The second-order valence-electron chi connectivity index (χ2n) is 3.12. The average Bonchev–Trinajstić information content (AvgIpc) is 2.01. The van der Waals surface area contributed by atoms with Gasteiger partial charge in [-0.3, -0.25) is 4.79 Å². The van der Waals surface area contributed by atoms with E-state index in [1.165, 1.54) is 13.5 Å². The number of hydrogen-bond acceptors (Lipinski definition) is 3. The zero-order chi connectivity index (χ0) is 8.27. The molecule has 72 valence electrons. The van der Waals surface area contributed by atoms with Gasteiger partial charge in [-0.25, -0.2) is 0 Å². The van der Waals surface area contributed by atoms with Gasteiger partial charge >= 0.3 is 5.97 Å². The zero-order valence-electron chi connectivity index (χ0n) is 7.29. The molecule has 0 heterocycles. The first-order chi connectivity index (χ1) is 5.24. The van der Waals surface area contributed by atoms with Gasteiger partial charge in [0, 0.05) is 12.5 Å². The molecular formula is C8H16ClNO2. The molecule has 2 N–H and O–H groups in total. The lowest BCUT2D eigenvalue weighted by atomic mass is 9.77. The molecule has 2 atom stereocenters. The van der Waals surface area contributed by atoms with Crippen molar-refractivity contribution >= 4 is 18.4 Å². The third kappa shape index (κ3) is 2.99. The summed E-state index contributed by atoms with van der Waals surface area (Å²) in [5, 5.41) is 0. The van der Waals surface area contributed by atoms with Crippen LogP contribution in [0.3, 0.4) is 0 Å². The lowest BCUT2D eigenvalue weighted by Crippen LogP contribution is -2.39. The molecule has 1 aliphatic carbocycles. The fourth-order valence-corrected chi connectivity index (χ4v) is 1.36. The second-order valence-corrected chi connectivity index (χ2v) is 3.12. The van der Waals surface area contributed by atoms with Crippen molar-refractivity contribution in [3.05, 3.63) is 0 Å². The highest BCUT2D eigenvalue weighted by Crippen LogP contribution is 2.29. The van der Waals surface area contributed by atoms with E-state index >= 15 is 0 Å². The maximum absolute atomic E-state index is 10.7. The summed E-state index contributed by atoms with van der Waals surface area (Å²) in [4.78, 5) is 10.7. The van der Waals surface area contributed by atoms with Crippen LogP contribution in [-0.2, 0) is 9.53 Å². The summed E-state index contributed by atoms with van der Waals surface area (Å²) in [5.74, 6) is 0.443. The predicted octanol–water partition coefficient (Wildman–Crippen LogP) is 1.10. The van der Waals surface area contributed by atoms with Gasteiger partial charge in [-0.2, -0.15) is 0 Å². The Kier molecular flexibility index (Phi) is 5.25. The molecule has 1 aliphatic rings. The monoisotopic (exact) mass is 193 g/mol. The molecule has 0 aliphatic heterocycles. The molecule has 3 nitrogen and oxygen atoms in total. The van der Waals surface area contributed by atoms with Crippen molar-refractivity contribution in [3.63, 3.8) is 0 Å². The zero-order valence-corrected chi connectivity index (χ0v) is 8.10. The maximum Gasteiger partial charge on any atom is 0.305 e. The van der Waals surface area contributed by atoms with E-state index in [1.807, 2.05) is 0 Å². The number of ether oxygens (including phenoxy) is 1.